The summed E-state index contributed by atoms with van der Waals surface area (Å²) < 4.78 is 0. The maximum Gasteiger partial charge on any atom is 0.326 e. The first-order valence-electron chi connectivity index (χ1n) is 11.5. The van der Waals surface area contributed by atoms with E-state index < -0.39 is 35.8 Å². The van der Waals surface area contributed by atoms with Gasteiger partial charge in [-0.3, -0.25) is 9.59 Å². The number of carboxylic acids is 2. The molecule has 10 heteroatoms. The van der Waals surface area contributed by atoms with Crippen molar-refractivity contribution in [2.75, 3.05) is 0 Å². The number of para-hydroxylation sites is 2. The van der Waals surface area contributed by atoms with Crippen LogP contribution in [0.3, 0.4) is 0 Å². The number of rotatable bonds is 11. The minimum atomic E-state index is -1.19. The molecule has 6 N–H and O–H groups in total. The van der Waals surface area contributed by atoms with Gasteiger partial charge in [0.05, 0.1) is 0 Å². The van der Waals surface area contributed by atoms with Crippen molar-refractivity contribution in [2.24, 2.45) is 0 Å². The summed E-state index contributed by atoms with van der Waals surface area (Å²) in [6.07, 6.45) is 3.01. The highest BCUT2D eigenvalue weighted by molar-refractivity contribution is 5.90. The zero-order valence-electron chi connectivity index (χ0n) is 19.3. The Morgan fingerprint density at radius 1 is 0.667 bits per heavy atom. The summed E-state index contributed by atoms with van der Waals surface area (Å²) in [6, 6.07) is 12.5. The van der Waals surface area contributed by atoms with Crippen molar-refractivity contribution in [3.8, 4) is 0 Å². The topological polar surface area (TPSA) is 164 Å². The minimum Gasteiger partial charge on any atom is -0.480 e. The molecule has 36 heavy (non-hydrogen) atoms. The van der Waals surface area contributed by atoms with Gasteiger partial charge in [-0.1, -0.05) is 36.4 Å². The van der Waals surface area contributed by atoms with Crippen LogP contribution in [0.4, 0.5) is 0 Å². The third-order valence-corrected chi connectivity index (χ3v) is 6.04. The molecule has 0 aliphatic rings. The van der Waals surface area contributed by atoms with Crippen LogP contribution in [0.25, 0.3) is 21.8 Å². The van der Waals surface area contributed by atoms with E-state index in [4.69, 9.17) is 0 Å². The summed E-state index contributed by atoms with van der Waals surface area (Å²) >= 11 is 0. The van der Waals surface area contributed by atoms with Gasteiger partial charge >= 0.3 is 11.9 Å². The van der Waals surface area contributed by atoms with Gasteiger partial charge in [-0.25, -0.2) is 9.59 Å². The first-order chi connectivity index (χ1) is 17.3. The molecule has 0 radical (unpaired) electrons. The van der Waals surface area contributed by atoms with Crippen molar-refractivity contribution in [2.45, 2.75) is 37.8 Å². The lowest BCUT2D eigenvalue weighted by Gasteiger charge is -2.16. The van der Waals surface area contributed by atoms with E-state index in [-0.39, 0.29) is 25.7 Å². The minimum absolute atomic E-state index is 0.0724. The molecule has 2 aromatic heterocycles. The quantitative estimate of drug-likeness (QED) is 0.189. The Morgan fingerprint density at radius 2 is 1.06 bits per heavy atom. The van der Waals surface area contributed by atoms with Gasteiger partial charge in [-0.05, 0) is 23.3 Å². The molecule has 2 heterocycles. The molecule has 186 valence electrons. The van der Waals surface area contributed by atoms with E-state index in [9.17, 15) is 29.4 Å². The van der Waals surface area contributed by atoms with Crippen LogP contribution in [-0.2, 0) is 32.0 Å². The zero-order chi connectivity index (χ0) is 25.7. The molecule has 4 rings (SSSR count). The van der Waals surface area contributed by atoms with Gasteiger partial charge in [-0.15, -0.1) is 0 Å². The Morgan fingerprint density at radius 3 is 1.44 bits per heavy atom. The lowest BCUT2D eigenvalue weighted by atomic mass is 10.0. The fraction of sp³-hybridized carbons (Fsp3) is 0.231. The average molecular weight is 491 g/mol. The number of hydrogen-bond donors (Lipinski definition) is 6. The molecule has 0 spiro atoms. The molecular weight excluding hydrogens is 464 g/mol. The van der Waals surface area contributed by atoms with Crippen LogP contribution in [0, 0.1) is 0 Å². The standard InChI is InChI=1S/C26H26N4O6/c31-23(29-21(25(33)34)11-15-13-27-19-7-3-1-5-17(15)19)9-10-24(32)30-22(26(35)36)12-16-14-28-20-8-4-2-6-18(16)20/h1-8,13-14,21-22,27-28H,9-12H2,(H,29,31)(H,30,32)(H,33,34)(H,35,36)/t21-,22+. The predicted octanol–water partition coefficient (Wildman–Crippen LogP) is 2.35. The lowest BCUT2D eigenvalue weighted by molar-refractivity contribution is -0.142. The third-order valence-electron chi connectivity index (χ3n) is 6.04. The number of carbonyl (C=O) groups is 4. The van der Waals surface area contributed by atoms with E-state index in [1.54, 1.807) is 12.4 Å². The van der Waals surface area contributed by atoms with Crippen molar-refractivity contribution in [3.05, 3.63) is 72.1 Å². The van der Waals surface area contributed by atoms with Crippen LogP contribution >= 0.6 is 0 Å². The second-order valence-electron chi connectivity index (χ2n) is 8.54. The molecule has 2 aromatic carbocycles. The highest BCUT2D eigenvalue weighted by Gasteiger charge is 2.24. The average Bonchev–Trinajstić information content (AvgIpc) is 3.46. The van der Waals surface area contributed by atoms with Crippen LogP contribution < -0.4 is 10.6 Å². The Bertz CT molecular complexity index is 1310. The van der Waals surface area contributed by atoms with Gasteiger partial charge in [0, 0.05) is 59.9 Å². The summed E-state index contributed by atoms with van der Waals surface area (Å²) in [5.41, 5.74) is 3.22. The van der Waals surface area contributed by atoms with Crippen molar-refractivity contribution in [1.82, 2.24) is 20.6 Å². The van der Waals surface area contributed by atoms with Crippen LogP contribution in [0.15, 0.2) is 60.9 Å². The zero-order valence-corrected chi connectivity index (χ0v) is 19.3. The van der Waals surface area contributed by atoms with Gasteiger partial charge in [0.2, 0.25) is 11.8 Å². The number of nitrogens with one attached hydrogen (secondary N) is 4. The summed E-state index contributed by atoms with van der Waals surface area (Å²) in [4.78, 5) is 54.4. The molecule has 2 amide bonds. The first kappa shape index (κ1) is 24.5. The van der Waals surface area contributed by atoms with Crippen molar-refractivity contribution < 1.29 is 29.4 Å². The SMILES string of the molecule is O=C(CCC(=O)N[C@H](Cc1c[nH]c2ccccc12)C(=O)O)N[C@@H](Cc1c[nH]c2ccccc12)C(=O)O. The molecule has 0 bridgehead atoms. The summed E-state index contributed by atoms with van der Waals surface area (Å²) in [5.74, 6) is -3.60. The number of carboxylic acid groups (broad SMARTS) is 2. The van der Waals surface area contributed by atoms with E-state index in [0.29, 0.717) is 0 Å². The van der Waals surface area contributed by atoms with Crippen LogP contribution in [0.5, 0.6) is 0 Å². The molecule has 2 atom stereocenters. The smallest absolute Gasteiger partial charge is 0.326 e. The van der Waals surface area contributed by atoms with E-state index >= 15 is 0 Å². The number of aromatic amines is 2. The number of H-pyrrole nitrogens is 2. The first-order valence-corrected chi connectivity index (χ1v) is 11.5. The maximum absolute atomic E-state index is 12.4. The molecule has 4 aromatic rings. The number of aromatic nitrogens is 2. The summed E-state index contributed by atoms with van der Waals surface area (Å²) in [5, 5.41) is 25.8. The highest BCUT2D eigenvalue weighted by atomic mass is 16.4. The molecule has 0 fully saturated rings. The lowest BCUT2D eigenvalue weighted by Crippen LogP contribution is -2.44. The van der Waals surface area contributed by atoms with E-state index in [1.165, 1.54) is 0 Å². The second kappa shape index (κ2) is 10.8. The molecule has 10 nitrogen and oxygen atoms in total. The second-order valence-corrected chi connectivity index (χ2v) is 8.54. The normalized spacial score (nSPS) is 12.8. The van der Waals surface area contributed by atoms with Crippen LogP contribution in [-0.4, -0.2) is 56.0 Å². The van der Waals surface area contributed by atoms with E-state index in [0.717, 1.165) is 32.9 Å². The molecule has 0 unspecified atom stereocenters. The summed E-state index contributed by atoms with van der Waals surface area (Å²) in [7, 11) is 0. The number of fused-ring (bicyclic) bond motifs is 2. The number of aliphatic carboxylic acids is 2. The molecular formula is C26H26N4O6. The largest absolute Gasteiger partial charge is 0.480 e. The van der Waals surface area contributed by atoms with Gasteiger partial charge in [0.15, 0.2) is 0 Å². The van der Waals surface area contributed by atoms with E-state index in [1.807, 2.05) is 48.5 Å². The van der Waals surface area contributed by atoms with Crippen molar-refractivity contribution in [3.63, 3.8) is 0 Å². The number of carbonyl (C=O) groups excluding carboxylic acids is 2. The number of hydrogen-bond acceptors (Lipinski definition) is 4. The fourth-order valence-electron chi connectivity index (χ4n) is 4.20. The monoisotopic (exact) mass is 490 g/mol. The van der Waals surface area contributed by atoms with Crippen LogP contribution in [0.2, 0.25) is 0 Å². The Kier molecular flexibility index (Phi) is 7.33. The van der Waals surface area contributed by atoms with Crippen molar-refractivity contribution >= 4 is 45.6 Å². The van der Waals surface area contributed by atoms with Crippen LogP contribution in [0.1, 0.15) is 24.0 Å². The van der Waals surface area contributed by atoms with Gasteiger partial charge in [0.1, 0.15) is 12.1 Å². The Labute approximate surface area is 205 Å². The molecule has 0 saturated heterocycles. The van der Waals surface area contributed by atoms with E-state index in [2.05, 4.69) is 20.6 Å². The van der Waals surface area contributed by atoms with Gasteiger partial charge < -0.3 is 30.8 Å². The third kappa shape index (κ3) is 5.72. The Balaban J connectivity index is 1.31. The predicted molar refractivity (Wildman–Crippen MR) is 132 cm³/mol. The van der Waals surface area contributed by atoms with Crippen molar-refractivity contribution in [1.29, 1.82) is 0 Å². The Hall–Kier alpha value is -4.60. The van der Waals surface area contributed by atoms with Gasteiger partial charge in [-0.2, -0.15) is 0 Å². The summed E-state index contributed by atoms with van der Waals surface area (Å²) in [6.45, 7) is 0. The molecule has 0 aliphatic carbocycles. The number of amides is 2. The molecule has 0 aliphatic heterocycles. The molecule has 0 saturated carbocycles. The van der Waals surface area contributed by atoms with Gasteiger partial charge in [0.25, 0.3) is 0 Å². The maximum atomic E-state index is 12.4. The highest BCUT2D eigenvalue weighted by Crippen LogP contribution is 2.20. The number of benzene rings is 2. The fourth-order valence-corrected chi connectivity index (χ4v) is 4.20.